The maximum absolute atomic E-state index is 13.5. The number of amides is 1. The minimum atomic E-state index is -3.21. The molecule has 0 aromatic heterocycles. The van der Waals surface area contributed by atoms with Gasteiger partial charge in [0.1, 0.15) is 11.2 Å². The number of carbonyl (C=O) groups excluding carboxylic acids is 4. The van der Waals surface area contributed by atoms with Crippen LogP contribution in [0.15, 0.2) is 0 Å². The molecule has 11 N–H and O–H groups in total. The van der Waals surface area contributed by atoms with Gasteiger partial charge < -0.3 is 43.2 Å². The van der Waals surface area contributed by atoms with Crippen molar-refractivity contribution in [3.8, 4) is 0 Å². The van der Waals surface area contributed by atoms with Gasteiger partial charge in [0.25, 0.3) is 0 Å². The number of aliphatic hydroxyl groups excluding tert-OH is 1. The lowest BCUT2D eigenvalue weighted by Gasteiger charge is -2.44. The van der Waals surface area contributed by atoms with Crippen molar-refractivity contribution < 1.29 is 44.1 Å². The molecule has 5 atom stereocenters. The number of hydrogen-bond donors (Lipinski definition) is 7. The Morgan fingerprint density at radius 2 is 1.53 bits per heavy atom. The Bertz CT molecular complexity index is 850. The summed E-state index contributed by atoms with van der Waals surface area (Å²) < 4.78 is 0. The molecule has 1 rings (SSSR count). The van der Waals surface area contributed by atoms with Crippen LogP contribution in [0.4, 0.5) is 0 Å². The number of Topliss-reactive ketones (excluding diaryl/α,β-unsaturated/α-hetero) is 3. The molecule has 1 fully saturated rings. The quantitative estimate of drug-likeness (QED) is 0.0920. The number of nitrogens with zero attached hydrogens (tertiary/aromatic N) is 1. The molecular formula is C20H33N5O9. The van der Waals surface area contributed by atoms with Gasteiger partial charge in [0.15, 0.2) is 11.6 Å². The molecule has 0 aromatic rings. The average molecular weight is 488 g/mol. The Morgan fingerprint density at radius 3 is 1.97 bits per heavy atom. The van der Waals surface area contributed by atoms with Crippen molar-refractivity contribution in [2.75, 3.05) is 19.7 Å². The van der Waals surface area contributed by atoms with Crippen molar-refractivity contribution in [1.82, 2.24) is 4.90 Å². The molecular weight excluding hydrogens is 454 g/mol. The number of rotatable bonds is 14. The van der Waals surface area contributed by atoms with E-state index >= 15 is 0 Å². The topological polar surface area (TPSA) is 270 Å². The summed E-state index contributed by atoms with van der Waals surface area (Å²) in [5.74, 6) is -8.58. The molecule has 0 saturated carbocycles. The van der Waals surface area contributed by atoms with Gasteiger partial charge in [-0.15, -0.1) is 0 Å². The monoisotopic (exact) mass is 487 g/mol. The highest BCUT2D eigenvalue weighted by Crippen LogP contribution is 2.50. The van der Waals surface area contributed by atoms with E-state index in [2.05, 4.69) is 0 Å². The number of carboxylic acid groups (broad SMARTS) is 2. The third-order valence-corrected chi connectivity index (χ3v) is 6.24. The number of carbonyl (C=O) groups is 6. The number of nitrogens with two attached hydrogens (primary N) is 4. The molecule has 0 bridgehead atoms. The minimum Gasteiger partial charge on any atom is -0.481 e. The summed E-state index contributed by atoms with van der Waals surface area (Å²) in [7, 11) is 0. The van der Waals surface area contributed by atoms with E-state index in [9.17, 15) is 39.0 Å². The Labute approximate surface area is 195 Å². The van der Waals surface area contributed by atoms with E-state index in [4.69, 9.17) is 28.0 Å². The first-order valence-electron chi connectivity index (χ1n) is 10.7. The smallest absolute Gasteiger partial charge is 0.339 e. The fourth-order valence-electron chi connectivity index (χ4n) is 4.57. The molecule has 5 unspecified atom stereocenters. The number of ketones is 3. The van der Waals surface area contributed by atoms with Crippen molar-refractivity contribution in [2.45, 2.75) is 62.7 Å². The van der Waals surface area contributed by atoms with Crippen LogP contribution in [-0.2, 0) is 28.8 Å². The van der Waals surface area contributed by atoms with Gasteiger partial charge in [-0.2, -0.15) is 0 Å². The van der Waals surface area contributed by atoms with Crippen LogP contribution in [-0.4, -0.2) is 98.8 Å². The number of aliphatic carboxylic acids is 2. The normalized spacial score (nSPS) is 24.8. The number of likely N-dealkylation sites (tertiary alicyclic amines) is 1. The molecule has 34 heavy (non-hydrogen) atoms. The van der Waals surface area contributed by atoms with Gasteiger partial charge in [-0.25, -0.2) is 4.79 Å². The highest BCUT2D eigenvalue weighted by molar-refractivity contribution is 6.25. The van der Waals surface area contributed by atoms with Gasteiger partial charge in [0.2, 0.25) is 11.4 Å². The number of carboxylic acids is 2. The fraction of sp³-hybridized carbons (Fsp3) is 0.700. The number of hydrogen-bond acceptors (Lipinski definition) is 11. The summed E-state index contributed by atoms with van der Waals surface area (Å²) in [5, 5.41) is 28.8. The lowest BCUT2D eigenvalue weighted by Crippen LogP contribution is -2.75. The Balaban J connectivity index is 3.86. The van der Waals surface area contributed by atoms with Gasteiger partial charge >= 0.3 is 11.9 Å². The molecule has 14 nitrogen and oxygen atoms in total. The summed E-state index contributed by atoms with van der Waals surface area (Å²) in [6.07, 6.45) is -0.680. The number of aliphatic hydroxyl groups is 1. The molecule has 1 aliphatic rings. The van der Waals surface area contributed by atoms with Crippen LogP contribution >= 0.6 is 0 Å². The zero-order valence-electron chi connectivity index (χ0n) is 18.9. The summed E-state index contributed by atoms with van der Waals surface area (Å²) >= 11 is 0. The summed E-state index contributed by atoms with van der Waals surface area (Å²) in [6, 6.07) is -5.06. The van der Waals surface area contributed by atoms with Crippen LogP contribution in [0, 0.1) is 5.41 Å². The zero-order valence-corrected chi connectivity index (χ0v) is 18.9. The lowest BCUT2D eigenvalue weighted by molar-refractivity contribution is -0.175. The first kappa shape index (κ1) is 29.3. The van der Waals surface area contributed by atoms with Crippen LogP contribution in [0.2, 0.25) is 0 Å². The van der Waals surface area contributed by atoms with Crippen molar-refractivity contribution in [3.05, 3.63) is 0 Å². The lowest BCUT2D eigenvalue weighted by atomic mass is 9.60. The van der Waals surface area contributed by atoms with Gasteiger partial charge in [0, 0.05) is 6.54 Å². The largest absolute Gasteiger partial charge is 0.481 e. The number of unbranched alkanes of at least 4 members (excludes halogenated alkanes) is 1. The van der Waals surface area contributed by atoms with E-state index in [1.165, 1.54) is 0 Å². The third-order valence-electron chi connectivity index (χ3n) is 6.24. The molecule has 1 aliphatic heterocycles. The van der Waals surface area contributed by atoms with Crippen LogP contribution in [0.5, 0.6) is 0 Å². The highest BCUT2D eigenvalue weighted by Gasteiger charge is 2.76. The Kier molecular flexibility index (Phi) is 9.96. The van der Waals surface area contributed by atoms with Gasteiger partial charge in [-0.3, -0.25) is 24.0 Å². The van der Waals surface area contributed by atoms with Crippen LogP contribution < -0.4 is 22.9 Å². The van der Waals surface area contributed by atoms with Gasteiger partial charge in [-0.05, 0) is 32.7 Å². The van der Waals surface area contributed by atoms with E-state index in [1.807, 2.05) is 0 Å². The van der Waals surface area contributed by atoms with Crippen molar-refractivity contribution in [1.29, 1.82) is 0 Å². The van der Waals surface area contributed by atoms with Crippen molar-refractivity contribution >= 4 is 35.2 Å². The molecule has 0 aromatic carbocycles. The van der Waals surface area contributed by atoms with Crippen LogP contribution in [0.25, 0.3) is 0 Å². The van der Waals surface area contributed by atoms with E-state index in [0.717, 1.165) is 6.92 Å². The third kappa shape index (κ3) is 4.86. The van der Waals surface area contributed by atoms with Gasteiger partial charge in [-0.1, -0.05) is 6.42 Å². The van der Waals surface area contributed by atoms with E-state index < -0.39 is 90.3 Å². The average Bonchev–Trinajstić information content (AvgIpc) is 3.14. The summed E-state index contributed by atoms with van der Waals surface area (Å²) in [4.78, 5) is 77.6. The minimum absolute atomic E-state index is 0.0643. The molecule has 1 saturated heterocycles. The maximum atomic E-state index is 13.5. The SMILES string of the molecule is CC(=O)C1(C(=O)C(N)CO)CCN(C(=O)C(N)CCCCN)C1(C(=O)O)C(=O)C(N)CC(=O)O. The van der Waals surface area contributed by atoms with Gasteiger partial charge in [0.05, 0.1) is 31.2 Å². The first-order chi connectivity index (χ1) is 15.8. The molecule has 0 radical (unpaired) electrons. The first-order valence-corrected chi connectivity index (χ1v) is 10.7. The Hall–Kier alpha value is -2.78. The van der Waals surface area contributed by atoms with Crippen molar-refractivity contribution in [3.63, 3.8) is 0 Å². The van der Waals surface area contributed by atoms with E-state index in [1.54, 1.807) is 0 Å². The predicted octanol–water partition coefficient (Wildman–Crippen LogP) is -3.67. The fourth-order valence-corrected chi connectivity index (χ4v) is 4.57. The summed E-state index contributed by atoms with van der Waals surface area (Å²) in [6.45, 7) is -0.367. The molecule has 1 heterocycles. The highest BCUT2D eigenvalue weighted by atomic mass is 16.4. The zero-order chi connectivity index (χ0) is 26.4. The van der Waals surface area contributed by atoms with Crippen LogP contribution in [0.3, 0.4) is 0 Å². The van der Waals surface area contributed by atoms with E-state index in [-0.39, 0.29) is 6.42 Å². The van der Waals surface area contributed by atoms with E-state index in [0.29, 0.717) is 24.3 Å². The standard InChI is InChI=1S/C20H33N5O9/c1-10(27)19(15(30)13(24)9-26)5-7-25(17(32)11(22)4-2-3-6-21)20(19,18(33)34)16(31)12(23)8-14(28)29/h11-13,26H,2-9,21-24H2,1H3,(H,28,29)(H,33,34). The second-order valence-corrected chi connectivity index (χ2v) is 8.33. The summed E-state index contributed by atoms with van der Waals surface area (Å²) in [5.41, 5.74) is 16.8. The second-order valence-electron chi connectivity index (χ2n) is 8.33. The maximum Gasteiger partial charge on any atom is 0.339 e. The molecule has 0 aliphatic carbocycles. The molecule has 14 heteroatoms. The molecule has 1 amide bonds. The van der Waals surface area contributed by atoms with Crippen molar-refractivity contribution in [2.24, 2.45) is 28.3 Å². The Morgan fingerprint density at radius 1 is 0.941 bits per heavy atom. The van der Waals surface area contributed by atoms with Crippen LogP contribution in [0.1, 0.15) is 39.0 Å². The predicted molar refractivity (Wildman–Crippen MR) is 116 cm³/mol. The molecule has 0 spiro atoms. The second kappa shape index (κ2) is 11.6. The molecule has 192 valence electrons.